The Hall–Kier alpha value is -1.62. The molecule has 0 unspecified atom stereocenters. The molecule has 0 aliphatic carbocycles. The zero-order valence-corrected chi connectivity index (χ0v) is 8.68. The molecule has 0 saturated heterocycles. The van der Waals surface area contributed by atoms with Gasteiger partial charge in [-0.15, -0.1) is 0 Å². The predicted octanol–water partition coefficient (Wildman–Crippen LogP) is -0.000900. The van der Waals surface area contributed by atoms with Gasteiger partial charge in [-0.3, -0.25) is 9.78 Å². The Bertz CT molecular complexity index is 341. The molecule has 0 aliphatic rings. The van der Waals surface area contributed by atoms with Gasteiger partial charge in [-0.05, 0) is 19.1 Å². The normalized spacial score (nSPS) is 10.0. The number of nitrogens with zero attached hydrogens (tertiary/aromatic N) is 2. The first-order valence-electron chi connectivity index (χ1n) is 4.80. The number of carbonyl (C=O) groups excluding carboxylic acids is 1. The van der Waals surface area contributed by atoms with Gasteiger partial charge < -0.3 is 15.7 Å². The Morgan fingerprint density at radius 1 is 1.67 bits per heavy atom. The summed E-state index contributed by atoms with van der Waals surface area (Å²) in [6.07, 6.45) is 1.54. The molecule has 0 aromatic carbocycles. The van der Waals surface area contributed by atoms with Crippen LogP contribution < -0.4 is 10.6 Å². The molecule has 0 bridgehead atoms. The Balaban J connectivity index is 2.92. The smallest absolute Gasteiger partial charge is 0.267 e. The van der Waals surface area contributed by atoms with Gasteiger partial charge in [-0.2, -0.15) is 0 Å². The molecule has 0 fully saturated rings. The van der Waals surface area contributed by atoms with Crippen molar-refractivity contribution in [2.75, 3.05) is 24.6 Å². The predicted molar refractivity (Wildman–Crippen MR) is 57.7 cm³/mol. The summed E-state index contributed by atoms with van der Waals surface area (Å²) in [5.74, 6) is -0.545. The molecule has 0 spiro atoms. The Morgan fingerprint density at radius 3 is 2.93 bits per heavy atom. The zero-order valence-electron chi connectivity index (χ0n) is 8.68. The van der Waals surface area contributed by atoms with Crippen LogP contribution >= 0.6 is 0 Å². The van der Waals surface area contributed by atoms with Crippen molar-refractivity contribution in [2.45, 2.75) is 6.92 Å². The van der Waals surface area contributed by atoms with Crippen LogP contribution in [0.4, 0.5) is 5.69 Å². The fourth-order valence-electron chi connectivity index (χ4n) is 1.34. The van der Waals surface area contributed by atoms with Crippen LogP contribution in [0.1, 0.15) is 17.4 Å². The van der Waals surface area contributed by atoms with Gasteiger partial charge in [0.2, 0.25) is 0 Å². The van der Waals surface area contributed by atoms with Crippen LogP contribution in [0.3, 0.4) is 0 Å². The largest absolute Gasteiger partial charge is 0.395 e. The second-order valence-electron chi connectivity index (χ2n) is 3.07. The van der Waals surface area contributed by atoms with Gasteiger partial charge in [-0.1, -0.05) is 0 Å². The van der Waals surface area contributed by atoms with Crippen molar-refractivity contribution in [1.82, 2.24) is 4.98 Å². The molecule has 1 aromatic rings. The molecule has 1 rings (SSSR count). The maximum Gasteiger partial charge on any atom is 0.267 e. The van der Waals surface area contributed by atoms with E-state index in [4.69, 9.17) is 10.8 Å². The number of anilines is 1. The highest BCUT2D eigenvalue weighted by molar-refractivity contribution is 5.91. The summed E-state index contributed by atoms with van der Waals surface area (Å²) >= 11 is 0. The molecule has 1 aromatic heterocycles. The van der Waals surface area contributed by atoms with Crippen LogP contribution in [-0.2, 0) is 0 Å². The lowest BCUT2D eigenvalue weighted by atomic mass is 10.2. The van der Waals surface area contributed by atoms with Crippen LogP contribution in [0.5, 0.6) is 0 Å². The van der Waals surface area contributed by atoms with Gasteiger partial charge in [0.15, 0.2) is 0 Å². The number of aromatic nitrogens is 1. The van der Waals surface area contributed by atoms with Crippen molar-refractivity contribution >= 4 is 11.6 Å². The molecule has 0 saturated carbocycles. The first-order chi connectivity index (χ1) is 7.19. The summed E-state index contributed by atoms with van der Waals surface area (Å²) < 4.78 is 0. The quantitative estimate of drug-likeness (QED) is 0.715. The van der Waals surface area contributed by atoms with E-state index in [-0.39, 0.29) is 12.3 Å². The van der Waals surface area contributed by atoms with Crippen LogP contribution in [0.25, 0.3) is 0 Å². The van der Waals surface area contributed by atoms with Crippen molar-refractivity contribution in [3.05, 3.63) is 24.0 Å². The van der Waals surface area contributed by atoms with Gasteiger partial charge in [0.1, 0.15) is 5.69 Å². The molecule has 1 amide bonds. The number of rotatable bonds is 5. The van der Waals surface area contributed by atoms with E-state index in [2.05, 4.69) is 4.98 Å². The summed E-state index contributed by atoms with van der Waals surface area (Å²) in [5, 5.41) is 8.86. The van der Waals surface area contributed by atoms with E-state index in [9.17, 15) is 4.79 Å². The minimum Gasteiger partial charge on any atom is -0.395 e. The molecule has 0 aliphatic heterocycles. The van der Waals surface area contributed by atoms with E-state index in [1.165, 1.54) is 6.20 Å². The summed E-state index contributed by atoms with van der Waals surface area (Å²) in [5.41, 5.74) is 6.21. The average Bonchev–Trinajstić information content (AvgIpc) is 2.26. The third-order valence-corrected chi connectivity index (χ3v) is 2.11. The highest BCUT2D eigenvalue weighted by Gasteiger charge is 2.07. The Labute approximate surface area is 88.5 Å². The van der Waals surface area contributed by atoms with E-state index in [1.807, 2.05) is 11.8 Å². The number of amides is 1. The number of nitrogens with two attached hydrogens (primary N) is 1. The molecule has 0 atom stereocenters. The molecule has 5 heteroatoms. The number of aliphatic hydroxyl groups excluding tert-OH is 1. The lowest BCUT2D eigenvalue weighted by molar-refractivity contribution is 0.0995. The Kier molecular flexibility index (Phi) is 4.05. The van der Waals surface area contributed by atoms with Crippen molar-refractivity contribution in [3.63, 3.8) is 0 Å². The van der Waals surface area contributed by atoms with E-state index < -0.39 is 5.91 Å². The molecule has 82 valence electrons. The summed E-state index contributed by atoms with van der Waals surface area (Å²) in [7, 11) is 0. The fraction of sp³-hybridized carbons (Fsp3) is 0.400. The number of hydrogen-bond acceptors (Lipinski definition) is 4. The molecular weight excluding hydrogens is 194 g/mol. The first kappa shape index (κ1) is 11.5. The molecule has 0 radical (unpaired) electrons. The second kappa shape index (κ2) is 5.31. The highest BCUT2D eigenvalue weighted by Crippen LogP contribution is 2.13. The number of likely N-dealkylation sites (N-methyl/N-ethyl adjacent to an activating group) is 1. The number of carbonyl (C=O) groups is 1. The maximum absolute atomic E-state index is 10.9. The van der Waals surface area contributed by atoms with Gasteiger partial charge in [0, 0.05) is 25.0 Å². The minimum absolute atomic E-state index is 0.0715. The molecule has 5 nitrogen and oxygen atoms in total. The maximum atomic E-state index is 10.9. The molecular formula is C10H15N3O2. The van der Waals surface area contributed by atoms with Crippen LogP contribution in [0.15, 0.2) is 18.3 Å². The number of hydrogen-bond donors (Lipinski definition) is 2. The Morgan fingerprint density at radius 2 is 2.40 bits per heavy atom. The third-order valence-electron chi connectivity index (χ3n) is 2.11. The van der Waals surface area contributed by atoms with E-state index in [0.29, 0.717) is 6.54 Å². The van der Waals surface area contributed by atoms with Gasteiger partial charge >= 0.3 is 0 Å². The van der Waals surface area contributed by atoms with Gasteiger partial charge in [-0.25, -0.2) is 0 Å². The SMILES string of the molecule is CCN(CCO)c1ccnc(C(N)=O)c1. The van der Waals surface area contributed by atoms with Crippen LogP contribution in [-0.4, -0.2) is 35.7 Å². The lowest BCUT2D eigenvalue weighted by Crippen LogP contribution is -2.26. The number of primary amides is 1. The molecule has 1 heterocycles. The second-order valence-corrected chi connectivity index (χ2v) is 3.07. The van der Waals surface area contributed by atoms with Crippen molar-refractivity contribution in [3.8, 4) is 0 Å². The zero-order chi connectivity index (χ0) is 11.3. The summed E-state index contributed by atoms with van der Waals surface area (Å²) in [4.78, 5) is 16.7. The van der Waals surface area contributed by atoms with Crippen molar-refractivity contribution in [1.29, 1.82) is 0 Å². The number of pyridine rings is 1. The number of aliphatic hydroxyl groups is 1. The standard InChI is InChI=1S/C10H15N3O2/c1-2-13(5-6-14)8-3-4-12-9(7-8)10(11)15/h3-4,7,14H,2,5-6H2,1H3,(H2,11,15). The monoisotopic (exact) mass is 209 g/mol. The van der Waals surface area contributed by atoms with Gasteiger partial charge in [0.05, 0.1) is 6.61 Å². The van der Waals surface area contributed by atoms with Crippen molar-refractivity contribution < 1.29 is 9.90 Å². The minimum atomic E-state index is -0.545. The van der Waals surface area contributed by atoms with Crippen LogP contribution in [0, 0.1) is 0 Å². The summed E-state index contributed by atoms with van der Waals surface area (Å²) in [6, 6.07) is 3.41. The molecule has 15 heavy (non-hydrogen) atoms. The van der Waals surface area contributed by atoms with E-state index in [1.54, 1.807) is 12.1 Å². The topological polar surface area (TPSA) is 79.4 Å². The van der Waals surface area contributed by atoms with Gasteiger partial charge in [0.25, 0.3) is 5.91 Å². The van der Waals surface area contributed by atoms with Crippen molar-refractivity contribution in [2.24, 2.45) is 5.73 Å². The van der Waals surface area contributed by atoms with E-state index >= 15 is 0 Å². The third kappa shape index (κ3) is 2.92. The lowest BCUT2D eigenvalue weighted by Gasteiger charge is -2.21. The average molecular weight is 209 g/mol. The molecule has 3 N–H and O–H groups in total. The van der Waals surface area contributed by atoms with Crippen LogP contribution in [0.2, 0.25) is 0 Å². The summed E-state index contributed by atoms with van der Waals surface area (Å²) in [6.45, 7) is 3.32. The first-order valence-corrected chi connectivity index (χ1v) is 4.80. The highest BCUT2D eigenvalue weighted by atomic mass is 16.3. The fourth-order valence-corrected chi connectivity index (χ4v) is 1.34. The van der Waals surface area contributed by atoms with E-state index in [0.717, 1.165) is 12.2 Å².